The normalized spacial score (nSPS) is 13.0. The van der Waals surface area contributed by atoms with Gasteiger partial charge in [-0.2, -0.15) is 0 Å². The van der Waals surface area contributed by atoms with Crippen molar-refractivity contribution in [3.05, 3.63) is 43.4 Å². The van der Waals surface area contributed by atoms with Gasteiger partial charge in [-0.25, -0.2) is 0 Å². The Kier molecular flexibility index (Phi) is 3.66. The molecule has 80 valence electrons. The first-order chi connectivity index (χ1) is 7.18. The van der Waals surface area contributed by atoms with Crippen molar-refractivity contribution in [2.24, 2.45) is 0 Å². The molecule has 2 heterocycles. The summed E-state index contributed by atoms with van der Waals surface area (Å²) in [7, 11) is 0. The van der Waals surface area contributed by atoms with Crippen LogP contribution in [0.4, 0.5) is 0 Å². The van der Waals surface area contributed by atoms with E-state index in [9.17, 15) is 5.11 Å². The van der Waals surface area contributed by atoms with E-state index in [-0.39, 0.29) is 0 Å². The van der Waals surface area contributed by atoms with Crippen molar-refractivity contribution in [3.63, 3.8) is 0 Å². The first kappa shape index (κ1) is 11.4. The van der Waals surface area contributed by atoms with Crippen molar-refractivity contribution in [1.29, 1.82) is 0 Å². The van der Waals surface area contributed by atoms with Crippen LogP contribution in [0.15, 0.2) is 37.1 Å². The Labute approximate surface area is 108 Å². The fourth-order valence-corrected chi connectivity index (χ4v) is 3.30. The zero-order chi connectivity index (χ0) is 10.8. The van der Waals surface area contributed by atoms with Crippen molar-refractivity contribution in [3.8, 4) is 0 Å². The highest BCUT2D eigenvalue weighted by atomic mass is 79.9. The molecule has 2 aromatic rings. The smallest absolute Gasteiger partial charge is 0.146 e. The van der Waals surface area contributed by atoms with Crippen LogP contribution in [0.1, 0.15) is 16.7 Å². The molecule has 1 unspecified atom stereocenters. The molecular formula is C10H8Br2O2S. The van der Waals surface area contributed by atoms with Crippen LogP contribution in [-0.2, 0) is 6.42 Å². The average Bonchev–Trinajstić information content (AvgIpc) is 2.76. The van der Waals surface area contributed by atoms with E-state index >= 15 is 0 Å². The molecule has 2 nitrogen and oxygen atoms in total. The lowest BCUT2D eigenvalue weighted by molar-refractivity contribution is 0.150. The summed E-state index contributed by atoms with van der Waals surface area (Å²) in [6, 6.07) is 3.76. The predicted molar refractivity (Wildman–Crippen MR) is 67.1 cm³/mol. The van der Waals surface area contributed by atoms with Gasteiger partial charge in [-0.3, -0.25) is 0 Å². The summed E-state index contributed by atoms with van der Waals surface area (Å²) in [6.45, 7) is 0. The second-order valence-corrected chi connectivity index (χ2v) is 5.75. The lowest BCUT2D eigenvalue weighted by Crippen LogP contribution is -1.99. The van der Waals surface area contributed by atoms with Gasteiger partial charge in [0.05, 0.1) is 10.7 Å². The van der Waals surface area contributed by atoms with Gasteiger partial charge in [0.15, 0.2) is 0 Å². The van der Waals surface area contributed by atoms with E-state index in [0.29, 0.717) is 12.2 Å². The second-order valence-electron chi connectivity index (χ2n) is 3.04. The van der Waals surface area contributed by atoms with Crippen LogP contribution in [0.3, 0.4) is 0 Å². The van der Waals surface area contributed by atoms with E-state index < -0.39 is 6.10 Å². The van der Waals surface area contributed by atoms with E-state index in [0.717, 1.165) is 13.8 Å². The number of halogens is 2. The van der Waals surface area contributed by atoms with E-state index in [4.69, 9.17) is 4.42 Å². The van der Waals surface area contributed by atoms with Gasteiger partial charge in [0.2, 0.25) is 0 Å². The molecule has 2 rings (SSSR count). The maximum atomic E-state index is 9.95. The third-order valence-electron chi connectivity index (χ3n) is 2.02. The van der Waals surface area contributed by atoms with Gasteiger partial charge in [0.25, 0.3) is 0 Å². The Morgan fingerprint density at radius 1 is 1.33 bits per heavy atom. The monoisotopic (exact) mass is 350 g/mol. The third kappa shape index (κ3) is 2.53. The van der Waals surface area contributed by atoms with Crippen LogP contribution >= 0.6 is 43.2 Å². The quantitative estimate of drug-likeness (QED) is 0.901. The van der Waals surface area contributed by atoms with Gasteiger partial charge in [-0.1, -0.05) is 0 Å². The van der Waals surface area contributed by atoms with Crippen LogP contribution in [0.2, 0.25) is 0 Å². The minimum absolute atomic E-state index is 0.560. The van der Waals surface area contributed by atoms with Gasteiger partial charge in [-0.05, 0) is 49.4 Å². The van der Waals surface area contributed by atoms with Gasteiger partial charge in [-0.15, -0.1) is 11.3 Å². The zero-order valence-corrected chi connectivity index (χ0v) is 11.6. The summed E-state index contributed by atoms with van der Waals surface area (Å²) in [4.78, 5) is 1.12. The molecule has 15 heavy (non-hydrogen) atoms. The minimum atomic E-state index is -0.607. The van der Waals surface area contributed by atoms with Crippen molar-refractivity contribution in [2.75, 3.05) is 0 Å². The molecule has 0 aromatic carbocycles. The Morgan fingerprint density at radius 3 is 2.67 bits per heavy atom. The molecule has 0 aliphatic heterocycles. The van der Waals surface area contributed by atoms with E-state index in [1.807, 2.05) is 11.4 Å². The topological polar surface area (TPSA) is 33.4 Å². The predicted octanol–water partition coefficient (Wildman–Crippen LogP) is 4.14. The molecule has 0 fully saturated rings. The highest BCUT2D eigenvalue weighted by Gasteiger charge is 2.17. The highest BCUT2D eigenvalue weighted by molar-refractivity contribution is 9.10. The number of hydrogen-bond acceptors (Lipinski definition) is 3. The molecule has 0 bridgehead atoms. The van der Waals surface area contributed by atoms with E-state index in [1.165, 1.54) is 0 Å². The van der Waals surface area contributed by atoms with Crippen molar-refractivity contribution < 1.29 is 9.52 Å². The first-order valence-corrected chi connectivity index (χ1v) is 6.78. The van der Waals surface area contributed by atoms with Gasteiger partial charge in [0, 0.05) is 15.8 Å². The lowest BCUT2D eigenvalue weighted by Gasteiger charge is -2.07. The lowest BCUT2D eigenvalue weighted by atomic mass is 10.2. The fourth-order valence-electron chi connectivity index (χ4n) is 1.28. The summed E-state index contributed by atoms with van der Waals surface area (Å²) in [6.07, 6.45) is 1.51. The summed E-state index contributed by atoms with van der Waals surface area (Å²) in [5.74, 6) is 0.579. The number of hydrogen-bond donors (Lipinski definition) is 1. The molecule has 0 radical (unpaired) electrons. The van der Waals surface area contributed by atoms with Crippen LogP contribution in [-0.4, -0.2) is 5.11 Å². The van der Waals surface area contributed by atoms with Crippen LogP contribution < -0.4 is 0 Å². The average molecular weight is 352 g/mol. The van der Waals surface area contributed by atoms with Crippen LogP contribution in [0.25, 0.3) is 0 Å². The minimum Gasteiger partial charge on any atom is -0.465 e. The molecule has 5 heteroatoms. The summed E-state index contributed by atoms with van der Waals surface area (Å²) in [5.41, 5.74) is 0. The van der Waals surface area contributed by atoms with Crippen LogP contribution in [0, 0.1) is 0 Å². The molecule has 0 amide bonds. The fraction of sp³-hybridized carbons (Fsp3) is 0.200. The Hall–Kier alpha value is -0.100. The summed E-state index contributed by atoms with van der Waals surface area (Å²) < 4.78 is 7.05. The first-order valence-electron chi connectivity index (χ1n) is 4.31. The number of rotatable bonds is 3. The molecule has 1 atom stereocenters. The molecule has 0 spiro atoms. The highest BCUT2D eigenvalue weighted by Crippen LogP contribution is 2.31. The molecule has 0 saturated carbocycles. The molecule has 0 saturated heterocycles. The third-order valence-corrected chi connectivity index (χ3v) is 4.62. The summed E-state index contributed by atoms with van der Waals surface area (Å²) in [5, 5.41) is 11.9. The maximum absolute atomic E-state index is 9.95. The maximum Gasteiger partial charge on any atom is 0.146 e. The zero-order valence-electron chi connectivity index (χ0n) is 7.61. The molecule has 0 aliphatic carbocycles. The number of furan rings is 1. The Balaban J connectivity index is 2.14. The largest absolute Gasteiger partial charge is 0.465 e. The standard InChI is InChI=1S/C10H8Br2O2S/c11-6-2-4-15-9(6)5-8(13)10-7(12)1-3-14-10/h1-4,8,13H,5H2. The molecule has 0 aliphatic rings. The van der Waals surface area contributed by atoms with E-state index in [2.05, 4.69) is 31.9 Å². The summed E-state index contributed by atoms with van der Waals surface area (Å²) >= 11 is 8.38. The number of aliphatic hydroxyl groups excluding tert-OH is 1. The van der Waals surface area contributed by atoms with Gasteiger partial charge >= 0.3 is 0 Å². The van der Waals surface area contributed by atoms with Gasteiger partial charge in [0.1, 0.15) is 11.9 Å². The molecule has 1 N–H and O–H groups in total. The number of aliphatic hydroxyl groups is 1. The Morgan fingerprint density at radius 2 is 2.13 bits per heavy atom. The Bertz CT molecular complexity index is 450. The van der Waals surface area contributed by atoms with Crippen molar-refractivity contribution in [1.82, 2.24) is 0 Å². The second kappa shape index (κ2) is 4.82. The van der Waals surface area contributed by atoms with Crippen molar-refractivity contribution in [2.45, 2.75) is 12.5 Å². The molecular weight excluding hydrogens is 344 g/mol. The van der Waals surface area contributed by atoms with Crippen molar-refractivity contribution >= 4 is 43.2 Å². The SMILES string of the molecule is OC(Cc1sccc1Br)c1occc1Br. The molecule has 2 aromatic heterocycles. The van der Waals surface area contributed by atoms with Crippen LogP contribution in [0.5, 0.6) is 0 Å². The van der Waals surface area contributed by atoms with E-state index in [1.54, 1.807) is 23.7 Å². The number of thiophene rings is 1. The van der Waals surface area contributed by atoms with Gasteiger partial charge < -0.3 is 9.52 Å².